The zero-order valence-corrected chi connectivity index (χ0v) is 15.8. The van der Waals surface area contributed by atoms with Crippen molar-refractivity contribution in [3.8, 4) is 11.5 Å². The maximum atomic E-state index is 12.5. The number of carbonyl (C=O) groups excluding carboxylic acids is 2. The summed E-state index contributed by atoms with van der Waals surface area (Å²) in [5, 5.41) is 14.0. The van der Waals surface area contributed by atoms with Gasteiger partial charge in [0.15, 0.2) is 11.5 Å². The van der Waals surface area contributed by atoms with Gasteiger partial charge in [0.05, 0.1) is 25.5 Å². The van der Waals surface area contributed by atoms with E-state index >= 15 is 0 Å². The zero-order valence-electron chi connectivity index (χ0n) is 15.8. The van der Waals surface area contributed by atoms with E-state index in [9.17, 15) is 14.4 Å². The lowest BCUT2D eigenvalue weighted by atomic mass is 9.95. The van der Waals surface area contributed by atoms with E-state index in [4.69, 9.17) is 14.6 Å². The van der Waals surface area contributed by atoms with Crippen molar-refractivity contribution in [2.24, 2.45) is 5.41 Å². The van der Waals surface area contributed by atoms with Gasteiger partial charge < -0.3 is 25.2 Å². The normalized spacial score (nSPS) is 10.8. The van der Waals surface area contributed by atoms with Crippen LogP contribution in [0.4, 0.5) is 5.69 Å². The minimum Gasteiger partial charge on any atom is -0.493 e. The molecule has 1 aromatic carbocycles. The van der Waals surface area contributed by atoms with Gasteiger partial charge in [-0.25, -0.2) is 0 Å². The van der Waals surface area contributed by atoms with Crippen molar-refractivity contribution in [1.29, 1.82) is 0 Å². The van der Waals surface area contributed by atoms with Crippen LogP contribution in [0.15, 0.2) is 12.1 Å². The number of hydrogen-bond donors (Lipinski definition) is 3. The van der Waals surface area contributed by atoms with E-state index < -0.39 is 17.3 Å². The van der Waals surface area contributed by atoms with Gasteiger partial charge in [-0.15, -0.1) is 0 Å². The summed E-state index contributed by atoms with van der Waals surface area (Å²) < 4.78 is 10.4. The predicted molar refractivity (Wildman–Crippen MR) is 96.8 cm³/mol. The molecule has 0 unspecified atom stereocenters. The molecule has 0 saturated heterocycles. The van der Waals surface area contributed by atoms with Crippen molar-refractivity contribution in [2.75, 3.05) is 26.1 Å². The second kappa shape index (κ2) is 9.07. The molecule has 0 heterocycles. The molecule has 0 aliphatic rings. The predicted octanol–water partition coefficient (Wildman–Crippen LogP) is 2.28. The number of nitrogens with one attached hydrogen (secondary N) is 2. The Balaban J connectivity index is 3.11. The highest BCUT2D eigenvalue weighted by Crippen LogP contribution is 2.34. The van der Waals surface area contributed by atoms with E-state index in [-0.39, 0.29) is 24.4 Å². The van der Waals surface area contributed by atoms with Gasteiger partial charge in [-0.2, -0.15) is 0 Å². The first-order valence-electron chi connectivity index (χ1n) is 8.17. The number of carboxylic acid groups (broad SMARTS) is 1. The molecule has 0 spiro atoms. The van der Waals surface area contributed by atoms with Gasteiger partial charge in [-0.1, -0.05) is 20.8 Å². The molecular formula is C18H26N2O6. The van der Waals surface area contributed by atoms with Crippen LogP contribution in [0.25, 0.3) is 0 Å². The molecule has 144 valence electrons. The van der Waals surface area contributed by atoms with Crippen molar-refractivity contribution in [1.82, 2.24) is 5.32 Å². The number of anilines is 1. The van der Waals surface area contributed by atoms with Crippen molar-refractivity contribution >= 4 is 23.5 Å². The summed E-state index contributed by atoms with van der Waals surface area (Å²) in [6, 6.07) is 3.00. The summed E-state index contributed by atoms with van der Waals surface area (Å²) in [7, 11) is 2.90. The van der Waals surface area contributed by atoms with E-state index in [1.165, 1.54) is 26.4 Å². The highest BCUT2D eigenvalue weighted by Gasteiger charge is 2.24. The second-order valence-electron chi connectivity index (χ2n) is 6.71. The number of carbonyl (C=O) groups is 3. The lowest BCUT2D eigenvalue weighted by Gasteiger charge is -2.20. The third kappa shape index (κ3) is 5.94. The lowest BCUT2D eigenvalue weighted by Crippen LogP contribution is -2.30. The van der Waals surface area contributed by atoms with Gasteiger partial charge in [-0.3, -0.25) is 14.4 Å². The van der Waals surface area contributed by atoms with Crippen LogP contribution >= 0.6 is 0 Å². The molecular weight excluding hydrogens is 340 g/mol. The molecule has 0 bridgehead atoms. The number of carboxylic acids is 1. The van der Waals surface area contributed by atoms with Crippen molar-refractivity contribution in [3.63, 3.8) is 0 Å². The SMILES string of the molecule is COc1cc(NC(=O)C(C)(C)C)c(C(=O)NCCCC(=O)O)cc1OC. The van der Waals surface area contributed by atoms with Gasteiger partial charge in [0.1, 0.15) is 0 Å². The number of methoxy groups -OCH3 is 2. The molecule has 0 saturated carbocycles. The molecule has 0 aliphatic carbocycles. The molecule has 26 heavy (non-hydrogen) atoms. The molecule has 1 aromatic rings. The van der Waals surface area contributed by atoms with Gasteiger partial charge >= 0.3 is 5.97 Å². The minimum atomic E-state index is -0.927. The first kappa shape index (κ1) is 21.3. The summed E-state index contributed by atoms with van der Waals surface area (Å²) in [5.41, 5.74) is -0.156. The fourth-order valence-electron chi connectivity index (χ4n) is 2.02. The fourth-order valence-corrected chi connectivity index (χ4v) is 2.02. The van der Waals surface area contributed by atoms with Gasteiger partial charge in [-0.05, 0) is 12.5 Å². The van der Waals surface area contributed by atoms with Crippen LogP contribution in [0.3, 0.4) is 0 Å². The maximum Gasteiger partial charge on any atom is 0.303 e. The topological polar surface area (TPSA) is 114 Å². The van der Waals surface area contributed by atoms with Crippen LogP contribution in [-0.2, 0) is 9.59 Å². The highest BCUT2D eigenvalue weighted by molar-refractivity contribution is 6.05. The fraction of sp³-hybridized carbons (Fsp3) is 0.500. The second-order valence-corrected chi connectivity index (χ2v) is 6.71. The Hall–Kier alpha value is -2.77. The van der Waals surface area contributed by atoms with Crippen molar-refractivity contribution < 1.29 is 29.0 Å². The number of aliphatic carboxylic acids is 1. The Morgan fingerprint density at radius 3 is 2.15 bits per heavy atom. The first-order chi connectivity index (χ1) is 12.1. The Morgan fingerprint density at radius 2 is 1.65 bits per heavy atom. The van der Waals surface area contributed by atoms with E-state index in [0.29, 0.717) is 23.6 Å². The van der Waals surface area contributed by atoms with E-state index in [1.807, 2.05) is 0 Å². The average Bonchev–Trinajstić information content (AvgIpc) is 2.56. The molecule has 3 N–H and O–H groups in total. The molecule has 2 amide bonds. The van der Waals surface area contributed by atoms with Crippen molar-refractivity contribution in [2.45, 2.75) is 33.6 Å². The number of ether oxygens (including phenoxy) is 2. The highest BCUT2D eigenvalue weighted by atomic mass is 16.5. The largest absolute Gasteiger partial charge is 0.493 e. The number of amides is 2. The number of hydrogen-bond acceptors (Lipinski definition) is 5. The molecule has 0 fully saturated rings. The molecule has 1 rings (SSSR count). The van der Waals surface area contributed by atoms with Gasteiger partial charge in [0.2, 0.25) is 5.91 Å². The summed E-state index contributed by atoms with van der Waals surface area (Å²) in [6.45, 7) is 5.48. The summed E-state index contributed by atoms with van der Waals surface area (Å²) >= 11 is 0. The Morgan fingerprint density at radius 1 is 1.08 bits per heavy atom. The quantitative estimate of drug-likeness (QED) is 0.608. The Labute approximate surface area is 152 Å². The third-order valence-corrected chi connectivity index (χ3v) is 3.55. The number of rotatable bonds is 8. The summed E-state index contributed by atoms with van der Waals surface area (Å²) in [5.74, 6) is -0.912. The summed E-state index contributed by atoms with van der Waals surface area (Å²) in [6.07, 6.45) is 0.262. The molecule has 0 radical (unpaired) electrons. The van der Waals surface area contributed by atoms with E-state index in [0.717, 1.165) is 0 Å². The minimum absolute atomic E-state index is 0.0418. The van der Waals surface area contributed by atoms with Crippen LogP contribution in [0.5, 0.6) is 11.5 Å². The molecule has 0 aromatic heterocycles. The van der Waals surface area contributed by atoms with Crippen LogP contribution in [0, 0.1) is 5.41 Å². The van der Waals surface area contributed by atoms with Gasteiger partial charge in [0.25, 0.3) is 5.91 Å². The maximum absolute atomic E-state index is 12.5. The van der Waals surface area contributed by atoms with E-state index in [1.54, 1.807) is 20.8 Å². The monoisotopic (exact) mass is 366 g/mol. The third-order valence-electron chi connectivity index (χ3n) is 3.55. The van der Waals surface area contributed by atoms with Gasteiger partial charge in [0, 0.05) is 24.4 Å². The van der Waals surface area contributed by atoms with Crippen molar-refractivity contribution in [3.05, 3.63) is 17.7 Å². The Kier molecular flexibility index (Phi) is 7.42. The molecule has 0 aliphatic heterocycles. The first-order valence-corrected chi connectivity index (χ1v) is 8.17. The lowest BCUT2D eigenvalue weighted by molar-refractivity contribution is -0.137. The van der Waals surface area contributed by atoms with Crippen LogP contribution in [0.2, 0.25) is 0 Å². The molecule has 8 nitrogen and oxygen atoms in total. The molecule has 0 atom stereocenters. The number of benzene rings is 1. The van der Waals surface area contributed by atoms with Crippen LogP contribution in [0.1, 0.15) is 44.0 Å². The summed E-state index contributed by atoms with van der Waals surface area (Å²) in [4.78, 5) is 35.4. The van der Waals surface area contributed by atoms with Crippen LogP contribution in [-0.4, -0.2) is 43.7 Å². The Bertz CT molecular complexity index is 679. The van der Waals surface area contributed by atoms with Crippen LogP contribution < -0.4 is 20.1 Å². The average molecular weight is 366 g/mol. The zero-order chi connectivity index (χ0) is 19.9. The smallest absolute Gasteiger partial charge is 0.303 e. The van der Waals surface area contributed by atoms with E-state index in [2.05, 4.69) is 10.6 Å². The standard InChI is InChI=1S/C18H26N2O6/c1-18(2,3)17(24)20-12-10-14(26-5)13(25-4)9-11(12)16(23)19-8-6-7-15(21)22/h9-10H,6-8H2,1-5H3,(H,19,23)(H,20,24)(H,21,22). The molecule has 8 heteroatoms.